The summed E-state index contributed by atoms with van der Waals surface area (Å²) in [5, 5.41) is 4.47. The summed E-state index contributed by atoms with van der Waals surface area (Å²) in [4.78, 5) is 0. The van der Waals surface area contributed by atoms with Crippen molar-refractivity contribution in [3.63, 3.8) is 0 Å². The summed E-state index contributed by atoms with van der Waals surface area (Å²) >= 11 is 12.1. The molecule has 0 saturated heterocycles. The Balaban J connectivity index is 2.23. The molecule has 1 N–H and O–H groups in total. The Morgan fingerprint density at radius 2 is 1.87 bits per heavy atom. The van der Waals surface area contributed by atoms with Gasteiger partial charge in [0.15, 0.2) is 0 Å². The van der Waals surface area contributed by atoms with Crippen molar-refractivity contribution in [2.24, 2.45) is 0 Å². The summed E-state index contributed by atoms with van der Waals surface area (Å²) in [5.74, 6) is 0. The average Bonchev–Trinajstić information content (AvgIpc) is 2.25. The van der Waals surface area contributed by atoms with Crippen LogP contribution in [0.15, 0.2) is 42.1 Å². The molecule has 0 saturated carbocycles. The van der Waals surface area contributed by atoms with Crippen LogP contribution in [0.3, 0.4) is 0 Å². The minimum Gasteiger partial charge on any atom is -0.356 e. The highest BCUT2D eigenvalue weighted by Gasteiger charge is 2.07. The maximum Gasteiger partial charge on any atom is 0.0760 e. The van der Waals surface area contributed by atoms with Crippen LogP contribution in [0.5, 0.6) is 0 Å². The van der Waals surface area contributed by atoms with Crippen LogP contribution in [0, 0.1) is 6.42 Å². The number of nitrogens with one attached hydrogen (secondary N) is 1. The molecular formula is C12H10Cl2N. The van der Waals surface area contributed by atoms with Crippen LogP contribution in [-0.2, 0) is 0 Å². The fraction of sp³-hybridized carbons (Fsp3) is 0.0833. The first kappa shape index (κ1) is 10.6. The standard InChI is InChI=1S/C12H10Cl2N/c13-10-7-4-8-11(14)12(10)15-9-5-2-1-3-6-9/h1-2,4-8,15H,3H2. The van der Waals surface area contributed by atoms with E-state index in [2.05, 4.69) is 17.8 Å². The molecule has 0 fully saturated rings. The van der Waals surface area contributed by atoms with Crippen LogP contribution in [0.2, 0.25) is 10.0 Å². The zero-order chi connectivity index (χ0) is 10.7. The number of rotatable bonds is 2. The molecule has 0 amide bonds. The molecule has 1 aliphatic rings. The molecule has 0 aliphatic heterocycles. The van der Waals surface area contributed by atoms with Gasteiger partial charge in [-0.3, -0.25) is 0 Å². The minimum atomic E-state index is 0.631. The third kappa shape index (κ3) is 2.55. The van der Waals surface area contributed by atoms with E-state index in [9.17, 15) is 0 Å². The van der Waals surface area contributed by atoms with Crippen molar-refractivity contribution in [3.05, 3.63) is 58.6 Å². The summed E-state index contributed by atoms with van der Waals surface area (Å²) in [5.41, 5.74) is 1.78. The lowest BCUT2D eigenvalue weighted by Gasteiger charge is -2.14. The number of para-hydroxylation sites is 1. The average molecular weight is 239 g/mol. The second-order valence-electron chi connectivity index (χ2n) is 3.21. The monoisotopic (exact) mass is 238 g/mol. The fourth-order valence-corrected chi connectivity index (χ4v) is 1.86. The topological polar surface area (TPSA) is 12.0 Å². The zero-order valence-electron chi connectivity index (χ0n) is 8.00. The van der Waals surface area contributed by atoms with E-state index in [4.69, 9.17) is 23.2 Å². The van der Waals surface area contributed by atoms with E-state index in [1.807, 2.05) is 30.4 Å². The van der Waals surface area contributed by atoms with E-state index >= 15 is 0 Å². The van der Waals surface area contributed by atoms with Crippen LogP contribution >= 0.6 is 23.2 Å². The Labute approximate surface area is 99.4 Å². The molecule has 0 aromatic heterocycles. The predicted molar refractivity (Wildman–Crippen MR) is 66.2 cm³/mol. The number of hydrogen-bond donors (Lipinski definition) is 1. The van der Waals surface area contributed by atoms with Gasteiger partial charge in [0.05, 0.1) is 15.7 Å². The molecule has 15 heavy (non-hydrogen) atoms. The van der Waals surface area contributed by atoms with Crippen LogP contribution < -0.4 is 5.32 Å². The SMILES string of the molecule is Clc1cccc(Cl)c1NC1=CC=CC[CH]1. The summed E-state index contributed by atoms with van der Waals surface area (Å²) in [6, 6.07) is 5.46. The second-order valence-corrected chi connectivity index (χ2v) is 4.03. The molecule has 0 spiro atoms. The summed E-state index contributed by atoms with van der Waals surface area (Å²) in [6.07, 6.45) is 9.09. The summed E-state index contributed by atoms with van der Waals surface area (Å²) in [7, 11) is 0. The van der Waals surface area contributed by atoms with E-state index in [0.717, 1.165) is 17.8 Å². The lowest BCUT2D eigenvalue weighted by molar-refractivity contribution is 1.18. The van der Waals surface area contributed by atoms with Gasteiger partial charge in [0.1, 0.15) is 0 Å². The number of hydrogen-bond acceptors (Lipinski definition) is 1. The highest BCUT2D eigenvalue weighted by atomic mass is 35.5. The van der Waals surface area contributed by atoms with Gasteiger partial charge in [-0.15, -0.1) is 0 Å². The molecule has 77 valence electrons. The van der Waals surface area contributed by atoms with Crippen LogP contribution in [-0.4, -0.2) is 0 Å². The third-order valence-corrected chi connectivity index (χ3v) is 2.75. The zero-order valence-corrected chi connectivity index (χ0v) is 9.52. The molecule has 3 heteroatoms. The molecule has 0 atom stereocenters. The molecule has 0 bridgehead atoms. The number of halogens is 2. The number of benzene rings is 1. The Morgan fingerprint density at radius 3 is 2.47 bits per heavy atom. The van der Waals surface area contributed by atoms with Gasteiger partial charge in [-0.2, -0.15) is 0 Å². The maximum absolute atomic E-state index is 6.04. The van der Waals surface area contributed by atoms with Gasteiger partial charge < -0.3 is 5.32 Å². The van der Waals surface area contributed by atoms with Crippen molar-refractivity contribution in [3.8, 4) is 0 Å². The summed E-state index contributed by atoms with van der Waals surface area (Å²) in [6.45, 7) is 0. The van der Waals surface area contributed by atoms with Crippen molar-refractivity contribution in [1.29, 1.82) is 0 Å². The fourth-order valence-electron chi connectivity index (χ4n) is 1.37. The van der Waals surface area contributed by atoms with Crippen molar-refractivity contribution < 1.29 is 0 Å². The van der Waals surface area contributed by atoms with E-state index < -0.39 is 0 Å². The molecular weight excluding hydrogens is 229 g/mol. The lowest BCUT2D eigenvalue weighted by Crippen LogP contribution is -2.02. The van der Waals surface area contributed by atoms with Crippen LogP contribution in [0.1, 0.15) is 6.42 Å². The Kier molecular flexibility index (Phi) is 3.34. The van der Waals surface area contributed by atoms with Crippen molar-refractivity contribution in [2.45, 2.75) is 6.42 Å². The summed E-state index contributed by atoms with van der Waals surface area (Å²) < 4.78 is 0. The Morgan fingerprint density at radius 1 is 1.13 bits per heavy atom. The third-order valence-electron chi connectivity index (χ3n) is 2.12. The first-order valence-corrected chi connectivity index (χ1v) is 5.44. The van der Waals surface area contributed by atoms with E-state index in [0.29, 0.717) is 10.0 Å². The van der Waals surface area contributed by atoms with Crippen molar-refractivity contribution in [2.75, 3.05) is 5.32 Å². The molecule has 1 aliphatic carbocycles. The van der Waals surface area contributed by atoms with Gasteiger partial charge in [-0.05, 0) is 24.6 Å². The number of anilines is 1. The second kappa shape index (κ2) is 4.73. The van der Waals surface area contributed by atoms with Gasteiger partial charge in [0.25, 0.3) is 0 Å². The normalized spacial score (nSPS) is 14.9. The molecule has 1 nitrogen and oxygen atoms in total. The van der Waals surface area contributed by atoms with Crippen molar-refractivity contribution >= 4 is 28.9 Å². The molecule has 1 aromatic rings. The van der Waals surface area contributed by atoms with Gasteiger partial charge >= 0.3 is 0 Å². The quantitative estimate of drug-likeness (QED) is 0.803. The predicted octanol–water partition coefficient (Wildman–Crippen LogP) is 4.45. The maximum atomic E-state index is 6.04. The Hall–Kier alpha value is -0.920. The van der Waals surface area contributed by atoms with E-state index in [-0.39, 0.29) is 0 Å². The van der Waals surface area contributed by atoms with Gasteiger partial charge in [0, 0.05) is 12.1 Å². The van der Waals surface area contributed by atoms with Crippen LogP contribution in [0.25, 0.3) is 0 Å². The molecule has 0 unspecified atom stereocenters. The van der Waals surface area contributed by atoms with Gasteiger partial charge in [-0.1, -0.05) is 41.4 Å². The largest absolute Gasteiger partial charge is 0.356 e. The molecule has 2 rings (SSSR count). The van der Waals surface area contributed by atoms with Crippen LogP contribution in [0.4, 0.5) is 5.69 Å². The molecule has 0 heterocycles. The number of allylic oxidation sites excluding steroid dienone is 4. The first-order valence-electron chi connectivity index (χ1n) is 4.68. The highest BCUT2D eigenvalue weighted by Crippen LogP contribution is 2.31. The molecule has 1 aromatic carbocycles. The van der Waals surface area contributed by atoms with Crippen molar-refractivity contribution in [1.82, 2.24) is 0 Å². The van der Waals surface area contributed by atoms with E-state index in [1.165, 1.54) is 0 Å². The minimum absolute atomic E-state index is 0.631. The molecule has 1 radical (unpaired) electrons. The van der Waals surface area contributed by atoms with Gasteiger partial charge in [-0.25, -0.2) is 0 Å². The Bertz CT molecular complexity index is 401. The highest BCUT2D eigenvalue weighted by molar-refractivity contribution is 6.39. The van der Waals surface area contributed by atoms with Gasteiger partial charge in [0.2, 0.25) is 0 Å². The first-order chi connectivity index (χ1) is 7.27. The lowest BCUT2D eigenvalue weighted by atomic mass is 10.1. The van der Waals surface area contributed by atoms with E-state index in [1.54, 1.807) is 0 Å². The smallest absolute Gasteiger partial charge is 0.0760 e.